The van der Waals surface area contributed by atoms with Crippen LogP contribution in [0.15, 0.2) is 0 Å². The Labute approximate surface area is 288 Å². The molecule has 4 unspecified atom stereocenters. The van der Waals surface area contributed by atoms with Crippen LogP contribution in [0.1, 0.15) is 125 Å². The Bertz CT molecular complexity index is 980. The topological polar surface area (TPSA) is 118 Å². The number of fused-ring (bicyclic) bond motifs is 5. The molecule has 0 aromatic heterocycles. The summed E-state index contributed by atoms with van der Waals surface area (Å²) in [5.74, 6) is 4.42. The minimum absolute atomic E-state index is 0.00812. The number of nitrogens with two attached hydrogens (primary N) is 1. The van der Waals surface area contributed by atoms with Crippen LogP contribution in [-0.4, -0.2) is 70.3 Å². The van der Waals surface area contributed by atoms with Crippen LogP contribution in [0.4, 0.5) is 0 Å². The number of ether oxygens (including phenoxy) is 1. The van der Waals surface area contributed by atoms with Crippen molar-refractivity contribution in [3.63, 3.8) is 0 Å². The summed E-state index contributed by atoms with van der Waals surface area (Å²) in [6.07, 6.45) is 16.9. The average Bonchev–Trinajstić information content (AvgIpc) is 3.43. The molecule has 0 heterocycles. The number of carbonyl (C=O) groups excluding carboxylic acids is 2. The van der Waals surface area contributed by atoms with Gasteiger partial charge in [-0.1, -0.05) is 41.0 Å². The lowest BCUT2D eigenvalue weighted by molar-refractivity contribution is -0.146. The van der Waals surface area contributed by atoms with Gasteiger partial charge >= 0.3 is 5.97 Å². The summed E-state index contributed by atoms with van der Waals surface area (Å²) in [6, 6.07) is 0.143. The summed E-state index contributed by atoms with van der Waals surface area (Å²) in [5, 5.41) is 14.0. The first kappa shape index (κ1) is 38.6. The fraction of sp³-hybridized carbons (Fsp3) is 0.949. The highest BCUT2D eigenvalue weighted by molar-refractivity contribution is 5.84. The van der Waals surface area contributed by atoms with E-state index in [1.54, 1.807) is 0 Å². The Hall–Kier alpha value is -1.22. The maximum atomic E-state index is 13.0. The normalized spacial score (nSPS) is 35.2. The number of rotatable bonds is 19. The minimum atomic E-state index is -0.550. The summed E-state index contributed by atoms with van der Waals surface area (Å²) in [6.45, 7) is 17.8. The second-order valence-corrected chi connectivity index (χ2v) is 16.8. The lowest BCUT2D eigenvalue weighted by Gasteiger charge is -2.61. The predicted molar refractivity (Wildman–Crippen MR) is 193 cm³/mol. The van der Waals surface area contributed by atoms with Crippen LogP contribution in [0.25, 0.3) is 0 Å². The molecule has 0 aromatic carbocycles. The molecule has 0 spiro atoms. The molecule has 4 fully saturated rings. The SMILES string of the molecule is CCC(C)[C@H](NC(=O)CC[C@@H](C)[C@H]1CCC2C3CC[C@@H]4C[C@@H](NCCCNCCNCCCN)CC[C@]4(C)C3CC[C@@]21C)C(=O)OC. The average molecular weight is 660 g/mol. The number of methoxy groups -OCH3 is 1. The highest BCUT2D eigenvalue weighted by Crippen LogP contribution is 2.68. The van der Waals surface area contributed by atoms with Crippen molar-refractivity contribution in [2.24, 2.45) is 58.0 Å². The van der Waals surface area contributed by atoms with Crippen molar-refractivity contribution in [2.45, 2.75) is 137 Å². The fourth-order valence-corrected chi connectivity index (χ4v) is 11.2. The number of hydrogen-bond donors (Lipinski definition) is 5. The van der Waals surface area contributed by atoms with Gasteiger partial charge in [0.1, 0.15) is 6.04 Å². The van der Waals surface area contributed by atoms with Crippen LogP contribution in [-0.2, 0) is 14.3 Å². The summed E-state index contributed by atoms with van der Waals surface area (Å²) < 4.78 is 4.98. The standard InChI is InChI=1S/C39H73N5O3/c1-7-27(2)36(37(46)47-6)44-35(45)15-10-28(3)32-13-14-33-31-12-11-29-26-30(43-23-9-22-42-25-24-41-21-8-20-40)16-18-38(29,4)34(31)17-19-39(32,33)5/h27-34,36,41-43H,7-26,40H2,1-6H3,(H,44,45)/t27?,28-,29-,30+,31?,32-,33?,34?,36+,38+,39-/m1/s1. The molecular formula is C39H73N5O3. The van der Waals surface area contributed by atoms with Crippen molar-refractivity contribution < 1.29 is 14.3 Å². The maximum Gasteiger partial charge on any atom is 0.328 e. The molecule has 0 saturated heterocycles. The number of nitrogens with one attached hydrogen (secondary N) is 4. The first-order chi connectivity index (χ1) is 22.6. The Kier molecular flexibility index (Phi) is 14.9. The third-order valence-corrected chi connectivity index (χ3v) is 14.2. The van der Waals surface area contributed by atoms with E-state index in [1.807, 2.05) is 13.8 Å². The van der Waals surface area contributed by atoms with Gasteiger partial charge in [-0.2, -0.15) is 0 Å². The van der Waals surface area contributed by atoms with Crippen LogP contribution >= 0.6 is 0 Å². The molecule has 0 aliphatic heterocycles. The molecule has 8 heteroatoms. The van der Waals surface area contributed by atoms with E-state index in [9.17, 15) is 9.59 Å². The smallest absolute Gasteiger partial charge is 0.328 e. The van der Waals surface area contributed by atoms with Crippen LogP contribution < -0.4 is 27.0 Å². The van der Waals surface area contributed by atoms with Crippen LogP contribution in [0.2, 0.25) is 0 Å². The van der Waals surface area contributed by atoms with Gasteiger partial charge in [-0.25, -0.2) is 4.79 Å². The van der Waals surface area contributed by atoms with Gasteiger partial charge in [-0.15, -0.1) is 0 Å². The predicted octanol–water partition coefficient (Wildman–Crippen LogP) is 5.64. The van der Waals surface area contributed by atoms with Gasteiger partial charge in [-0.3, -0.25) is 4.79 Å². The molecule has 6 N–H and O–H groups in total. The molecule has 4 aliphatic rings. The van der Waals surface area contributed by atoms with E-state index in [0.717, 1.165) is 82.2 Å². The van der Waals surface area contributed by atoms with Crippen molar-refractivity contribution in [3.05, 3.63) is 0 Å². The third-order valence-electron chi connectivity index (χ3n) is 14.2. The Morgan fingerprint density at radius 1 is 0.872 bits per heavy atom. The van der Waals surface area contributed by atoms with E-state index in [2.05, 4.69) is 42.0 Å². The van der Waals surface area contributed by atoms with E-state index in [1.165, 1.54) is 71.3 Å². The molecule has 4 aliphatic carbocycles. The zero-order chi connectivity index (χ0) is 34.0. The van der Waals surface area contributed by atoms with E-state index in [0.29, 0.717) is 35.1 Å². The van der Waals surface area contributed by atoms with Crippen molar-refractivity contribution >= 4 is 11.9 Å². The van der Waals surface area contributed by atoms with Gasteiger partial charge in [0, 0.05) is 25.6 Å². The molecule has 272 valence electrons. The second-order valence-electron chi connectivity index (χ2n) is 16.8. The summed E-state index contributed by atoms with van der Waals surface area (Å²) >= 11 is 0. The zero-order valence-corrected chi connectivity index (χ0v) is 31.1. The van der Waals surface area contributed by atoms with Crippen molar-refractivity contribution in [2.75, 3.05) is 46.4 Å². The second kappa shape index (κ2) is 18.1. The van der Waals surface area contributed by atoms with Gasteiger partial charge in [0.2, 0.25) is 5.91 Å². The Morgan fingerprint density at radius 2 is 1.57 bits per heavy atom. The lowest BCUT2D eigenvalue weighted by atomic mass is 9.44. The third kappa shape index (κ3) is 9.32. The van der Waals surface area contributed by atoms with E-state index in [-0.39, 0.29) is 17.8 Å². The lowest BCUT2D eigenvalue weighted by Crippen LogP contribution is -2.55. The molecule has 4 rings (SSSR count). The fourth-order valence-electron chi connectivity index (χ4n) is 11.2. The van der Waals surface area contributed by atoms with E-state index < -0.39 is 6.04 Å². The van der Waals surface area contributed by atoms with Crippen LogP contribution in [0, 0.1) is 52.3 Å². The van der Waals surface area contributed by atoms with E-state index in [4.69, 9.17) is 10.5 Å². The molecular weight excluding hydrogens is 586 g/mol. The van der Waals surface area contributed by atoms with Crippen LogP contribution in [0.5, 0.6) is 0 Å². The van der Waals surface area contributed by atoms with Crippen LogP contribution in [0.3, 0.4) is 0 Å². The van der Waals surface area contributed by atoms with Gasteiger partial charge < -0.3 is 31.7 Å². The monoisotopic (exact) mass is 660 g/mol. The quantitative estimate of drug-likeness (QED) is 0.0900. The van der Waals surface area contributed by atoms with Gasteiger partial charge in [0.25, 0.3) is 0 Å². The molecule has 1 amide bonds. The van der Waals surface area contributed by atoms with Gasteiger partial charge in [0.05, 0.1) is 7.11 Å². The molecule has 47 heavy (non-hydrogen) atoms. The van der Waals surface area contributed by atoms with Crippen molar-refractivity contribution in [1.29, 1.82) is 0 Å². The number of amides is 1. The van der Waals surface area contributed by atoms with E-state index >= 15 is 0 Å². The number of esters is 1. The number of carbonyl (C=O) groups is 2. The summed E-state index contributed by atoms with van der Waals surface area (Å²) in [4.78, 5) is 25.3. The maximum absolute atomic E-state index is 13.0. The van der Waals surface area contributed by atoms with Crippen molar-refractivity contribution in [3.8, 4) is 0 Å². The van der Waals surface area contributed by atoms with Crippen molar-refractivity contribution in [1.82, 2.24) is 21.3 Å². The van der Waals surface area contributed by atoms with Gasteiger partial charge in [0.15, 0.2) is 0 Å². The Morgan fingerprint density at radius 3 is 2.28 bits per heavy atom. The highest BCUT2D eigenvalue weighted by atomic mass is 16.5. The Balaban J connectivity index is 1.22. The zero-order valence-electron chi connectivity index (χ0n) is 31.1. The minimum Gasteiger partial charge on any atom is -0.467 e. The molecule has 4 saturated carbocycles. The summed E-state index contributed by atoms with van der Waals surface area (Å²) in [7, 11) is 1.40. The highest BCUT2D eigenvalue weighted by Gasteiger charge is 2.60. The number of hydrogen-bond acceptors (Lipinski definition) is 7. The molecule has 0 bridgehead atoms. The first-order valence-electron chi connectivity index (χ1n) is 19.8. The molecule has 0 radical (unpaired) electrons. The van der Waals surface area contributed by atoms with Gasteiger partial charge in [-0.05, 0) is 155 Å². The molecule has 0 aromatic rings. The molecule has 8 nitrogen and oxygen atoms in total. The summed E-state index contributed by atoms with van der Waals surface area (Å²) in [5.41, 5.74) is 6.47. The molecule has 11 atom stereocenters. The largest absolute Gasteiger partial charge is 0.467 e. The first-order valence-corrected chi connectivity index (χ1v) is 19.8.